The average Bonchev–Trinajstić information content (AvgIpc) is 2.60. The predicted octanol–water partition coefficient (Wildman–Crippen LogP) is 7.07. The number of allylic oxidation sites excluding steroid dienone is 2. The molecule has 1 N–H and O–H groups in total. The van der Waals surface area contributed by atoms with E-state index in [4.69, 9.17) is 9.90 Å². The Hall–Kier alpha value is -0.830. The van der Waals surface area contributed by atoms with Crippen molar-refractivity contribution in [3.05, 3.63) is 12.2 Å². The van der Waals surface area contributed by atoms with Crippen LogP contribution in [-0.4, -0.2) is 36.1 Å². The van der Waals surface area contributed by atoms with Crippen molar-refractivity contribution in [1.82, 2.24) is 4.90 Å². The molecule has 26 heavy (non-hydrogen) atoms. The van der Waals surface area contributed by atoms with Crippen LogP contribution in [0.15, 0.2) is 12.2 Å². The molecule has 0 aromatic carbocycles. The lowest BCUT2D eigenvalue weighted by Crippen LogP contribution is -2.18. The number of unbranched alkanes of at least 4 members (excludes halogenated alkanes) is 12. The van der Waals surface area contributed by atoms with Crippen LogP contribution >= 0.6 is 0 Å². The van der Waals surface area contributed by atoms with Gasteiger partial charge in [0.25, 0.3) is 5.97 Å². The molecule has 3 nitrogen and oxygen atoms in total. The molecule has 0 heterocycles. The maximum absolute atomic E-state index is 9.00. The first-order valence-corrected chi connectivity index (χ1v) is 11.1. The summed E-state index contributed by atoms with van der Waals surface area (Å²) < 4.78 is 0. The Balaban J connectivity index is 0. The van der Waals surface area contributed by atoms with Crippen molar-refractivity contribution < 1.29 is 9.90 Å². The summed E-state index contributed by atoms with van der Waals surface area (Å²) in [4.78, 5) is 11.4. The van der Waals surface area contributed by atoms with E-state index in [-0.39, 0.29) is 0 Å². The molecule has 3 heteroatoms. The second-order valence-corrected chi connectivity index (χ2v) is 7.35. The van der Waals surface area contributed by atoms with Crippen LogP contribution in [0.4, 0.5) is 0 Å². The summed E-state index contributed by atoms with van der Waals surface area (Å²) in [5, 5.41) is 7.42. The molecule has 0 aliphatic rings. The monoisotopic (exact) mass is 369 g/mol. The van der Waals surface area contributed by atoms with Crippen LogP contribution in [0.5, 0.6) is 0 Å². The minimum absolute atomic E-state index is 0.833. The zero-order valence-electron chi connectivity index (χ0n) is 18.3. The molecule has 0 bridgehead atoms. The summed E-state index contributed by atoms with van der Waals surface area (Å²) in [7, 11) is 2.22. The third kappa shape index (κ3) is 31.0. The summed E-state index contributed by atoms with van der Waals surface area (Å²) >= 11 is 0. The summed E-state index contributed by atoms with van der Waals surface area (Å²) in [5.74, 6) is -0.833. The normalized spacial score (nSPS) is 11.0. The number of carboxylic acid groups (broad SMARTS) is 1. The van der Waals surface area contributed by atoms with Crippen LogP contribution in [-0.2, 0) is 4.79 Å². The van der Waals surface area contributed by atoms with E-state index in [1.165, 1.54) is 103 Å². The average molecular weight is 370 g/mol. The summed E-state index contributed by atoms with van der Waals surface area (Å²) in [6.07, 6.45) is 24.4. The van der Waals surface area contributed by atoms with Crippen molar-refractivity contribution >= 4 is 5.97 Å². The standard InChI is InChI=1S/C21H43N.C2H4O2/c1-4-6-7-8-9-10-11-12-13-14-15-16-17-18-19-20-21-22(3)5-2;1-2(3)4/h12-13H,4-11,14-21H2,1-3H3;1H3,(H,3,4)/b13-12-;. The molecule has 0 rings (SSSR count). The van der Waals surface area contributed by atoms with Gasteiger partial charge in [-0.2, -0.15) is 0 Å². The first-order chi connectivity index (χ1) is 12.5. The topological polar surface area (TPSA) is 40.5 Å². The molecule has 0 aromatic heterocycles. The smallest absolute Gasteiger partial charge is 0.300 e. The fraction of sp³-hybridized carbons (Fsp3) is 0.870. The molecule has 0 aliphatic carbocycles. The van der Waals surface area contributed by atoms with E-state index in [0.717, 1.165) is 6.92 Å². The predicted molar refractivity (Wildman–Crippen MR) is 116 cm³/mol. The van der Waals surface area contributed by atoms with Crippen LogP contribution in [0.3, 0.4) is 0 Å². The molecular weight excluding hydrogens is 322 g/mol. The highest BCUT2D eigenvalue weighted by atomic mass is 16.4. The number of carboxylic acids is 1. The van der Waals surface area contributed by atoms with Gasteiger partial charge < -0.3 is 10.0 Å². The third-order valence-corrected chi connectivity index (χ3v) is 4.59. The number of hydrogen-bond acceptors (Lipinski definition) is 2. The lowest BCUT2D eigenvalue weighted by Gasteiger charge is -2.12. The van der Waals surface area contributed by atoms with E-state index in [1.54, 1.807) is 0 Å². The van der Waals surface area contributed by atoms with E-state index in [0.29, 0.717) is 0 Å². The molecule has 156 valence electrons. The molecule has 0 fully saturated rings. The molecule has 0 saturated heterocycles. The fourth-order valence-electron chi connectivity index (χ4n) is 2.79. The van der Waals surface area contributed by atoms with Crippen molar-refractivity contribution in [3.8, 4) is 0 Å². The maximum atomic E-state index is 9.00. The van der Waals surface area contributed by atoms with E-state index in [2.05, 4.69) is 37.9 Å². The van der Waals surface area contributed by atoms with E-state index in [1.807, 2.05) is 0 Å². The molecule has 0 amide bonds. The van der Waals surface area contributed by atoms with Crippen LogP contribution in [0.1, 0.15) is 111 Å². The van der Waals surface area contributed by atoms with Gasteiger partial charge in [0.1, 0.15) is 0 Å². The van der Waals surface area contributed by atoms with E-state index in [9.17, 15) is 0 Å². The van der Waals surface area contributed by atoms with Crippen molar-refractivity contribution in [3.63, 3.8) is 0 Å². The molecule has 0 spiro atoms. The lowest BCUT2D eigenvalue weighted by molar-refractivity contribution is -0.134. The first-order valence-electron chi connectivity index (χ1n) is 11.1. The highest BCUT2D eigenvalue weighted by Crippen LogP contribution is 2.10. The van der Waals surface area contributed by atoms with Gasteiger partial charge in [-0.3, -0.25) is 4.79 Å². The van der Waals surface area contributed by atoms with Gasteiger partial charge in [0, 0.05) is 6.92 Å². The van der Waals surface area contributed by atoms with Crippen molar-refractivity contribution in [2.45, 2.75) is 111 Å². The highest BCUT2D eigenvalue weighted by Gasteiger charge is 1.94. The van der Waals surface area contributed by atoms with Gasteiger partial charge in [0.05, 0.1) is 0 Å². The summed E-state index contributed by atoms with van der Waals surface area (Å²) in [5.41, 5.74) is 0. The van der Waals surface area contributed by atoms with Crippen molar-refractivity contribution in [1.29, 1.82) is 0 Å². The molecule has 0 atom stereocenters. The third-order valence-electron chi connectivity index (χ3n) is 4.59. The summed E-state index contributed by atoms with van der Waals surface area (Å²) in [6, 6.07) is 0. The molecule has 0 aliphatic heterocycles. The number of hydrogen-bond donors (Lipinski definition) is 1. The molecule has 0 unspecified atom stereocenters. The lowest BCUT2D eigenvalue weighted by atomic mass is 10.1. The summed E-state index contributed by atoms with van der Waals surface area (Å²) in [6.45, 7) is 8.07. The van der Waals surface area contributed by atoms with Gasteiger partial charge in [0.15, 0.2) is 0 Å². The quantitative estimate of drug-likeness (QED) is 0.220. The number of nitrogens with zero attached hydrogens (tertiary/aromatic N) is 1. The number of rotatable bonds is 17. The fourth-order valence-corrected chi connectivity index (χ4v) is 2.79. The Morgan fingerprint density at radius 1 is 0.769 bits per heavy atom. The van der Waals surface area contributed by atoms with Crippen LogP contribution in [0, 0.1) is 0 Å². The Morgan fingerprint density at radius 3 is 1.58 bits per heavy atom. The highest BCUT2D eigenvalue weighted by molar-refractivity contribution is 5.62. The minimum Gasteiger partial charge on any atom is -0.481 e. The van der Waals surface area contributed by atoms with Gasteiger partial charge in [-0.05, 0) is 52.2 Å². The number of carbonyl (C=O) groups is 1. The second kappa shape index (κ2) is 24.2. The Bertz CT molecular complexity index is 299. The SMILES string of the molecule is CC(=O)O.CCCCCCCC/C=C\CCCCCCCCN(C)CC. The second-order valence-electron chi connectivity index (χ2n) is 7.35. The van der Waals surface area contributed by atoms with Gasteiger partial charge in [-0.25, -0.2) is 0 Å². The zero-order chi connectivity index (χ0) is 19.9. The Labute approximate surface area is 164 Å². The maximum Gasteiger partial charge on any atom is 0.300 e. The molecule has 0 aromatic rings. The van der Waals surface area contributed by atoms with Crippen LogP contribution < -0.4 is 0 Å². The molecule has 0 saturated carbocycles. The van der Waals surface area contributed by atoms with Gasteiger partial charge in [-0.1, -0.05) is 83.8 Å². The van der Waals surface area contributed by atoms with Crippen molar-refractivity contribution in [2.75, 3.05) is 20.1 Å². The minimum atomic E-state index is -0.833. The zero-order valence-corrected chi connectivity index (χ0v) is 18.3. The van der Waals surface area contributed by atoms with Crippen LogP contribution in [0.2, 0.25) is 0 Å². The van der Waals surface area contributed by atoms with Gasteiger partial charge in [-0.15, -0.1) is 0 Å². The van der Waals surface area contributed by atoms with Crippen molar-refractivity contribution in [2.24, 2.45) is 0 Å². The Kier molecular flexibility index (Phi) is 25.5. The molecule has 0 radical (unpaired) electrons. The van der Waals surface area contributed by atoms with E-state index >= 15 is 0 Å². The number of aliphatic carboxylic acids is 1. The van der Waals surface area contributed by atoms with Gasteiger partial charge in [0.2, 0.25) is 0 Å². The largest absolute Gasteiger partial charge is 0.481 e. The Morgan fingerprint density at radius 2 is 1.15 bits per heavy atom. The first kappa shape index (κ1) is 27.4. The molecular formula is C23H47NO2. The van der Waals surface area contributed by atoms with Crippen LogP contribution in [0.25, 0.3) is 0 Å². The van der Waals surface area contributed by atoms with Gasteiger partial charge >= 0.3 is 0 Å². The van der Waals surface area contributed by atoms with E-state index < -0.39 is 5.97 Å².